The zero-order valence-electron chi connectivity index (χ0n) is 11.8. The van der Waals surface area contributed by atoms with Gasteiger partial charge in [0, 0.05) is 22.2 Å². The van der Waals surface area contributed by atoms with Gasteiger partial charge in [-0.25, -0.2) is 0 Å². The summed E-state index contributed by atoms with van der Waals surface area (Å²) in [6, 6.07) is 3.58. The molecule has 0 aliphatic heterocycles. The number of halogens is 4. The summed E-state index contributed by atoms with van der Waals surface area (Å²) in [4.78, 5) is 0. The second-order valence-electron chi connectivity index (χ2n) is 5.68. The molecule has 3 N–H and O–H groups in total. The van der Waals surface area contributed by atoms with E-state index < -0.39 is 11.7 Å². The van der Waals surface area contributed by atoms with Crippen LogP contribution in [0.1, 0.15) is 32.8 Å². The number of nitrogens with two attached hydrogens (primary N) is 1. The topological polar surface area (TPSA) is 38.0 Å². The van der Waals surface area contributed by atoms with E-state index in [4.69, 9.17) is 5.73 Å². The Morgan fingerprint density at radius 3 is 2.30 bits per heavy atom. The maximum atomic E-state index is 12.6. The predicted molar refractivity (Wildman–Crippen MR) is 79.7 cm³/mol. The second kappa shape index (κ2) is 6.35. The van der Waals surface area contributed by atoms with E-state index in [-0.39, 0.29) is 5.54 Å². The van der Waals surface area contributed by atoms with Crippen molar-refractivity contribution in [2.24, 2.45) is 11.7 Å². The van der Waals surface area contributed by atoms with Gasteiger partial charge in [-0.2, -0.15) is 13.2 Å². The molecule has 0 amide bonds. The molecule has 1 aromatic carbocycles. The first-order chi connectivity index (χ1) is 9.07. The number of hydrogen-bond donors (Lipinski definition) is 2. The van der Waals surface area contributed by atoms with Crippen molar-refractivity contribution >= 4 is 21.6 Å². The lowest BCUT2D eigenvalue weighted by molar-refractivity contribution is -0.137. The number of alkyl halides is 3. The molecule has 2 nitrogen and oxygen atoms in total. The average Bonchev–Trinajstić information content (AvgIpc) is 2.29. The molecule has 1 unspecified atom stereocenters. The Bertz CT molecular complexity index is 460. The van der Waals surface area contributed by atoms with Crippen molar-refractivity contribution in [2.45, 2.75) is 38.9 Å². The van der Waals surface area contributed by atoms with Gasteiger partial charge in [0.2, 0.25) is 0 Å². The molecule has 114 valence electrons. The molecule has 0 aliphatic rings. The van der Waals surface area contributed by atoms with Gasteiger partial charge in [0.05, 0.1) is 5.56 Å². The van der Waals surface area contributed by atoms with Crippen LogP contribution in [0.2, 0.25) is 0 Å². The first-order valence-electron chi connectivity index (χ1n) is 6.42. The fourth-order valence-electron chi connectivity index (χ4n) is 2.20. The molecule has 0 bridgehead atoms. The lowest BCUT2D eigenvalue weighted by atomic mass is 9.90. The Morgan fingerprint density at radius 1 is 1.30 bits per heavy atom. The van der Waals surface area contributed by atoms with Crippen molar-refractivity contribution in [3.05, 3.63) is 28.2 Å². The molecule has 1 atom stereocenters. The number of nitrogens with one attached hydrogen (secondary N) is 1. The van der Waals surface area contributed by atoms with Crippen LogP contribution in [0.4, 0.5) is 18.9 Å². The summed E-state index contributed by atoms with van der Waals surface area (Å²) < 4.78 is 38.2. The first kappa shape index (κ1) is 17.3. The minimum atomic E-state index is -4.34. The highest BCUT2D eigenvalue weighted by Gasteiger charge is 2.31. The third-order valence-electron chi connectivity index (χ3n) is 3.04. The van der Waals surface area contributed by atoms with Crippen LogP contribution >= 0.6 is 15.9 Å². The maximum absolute atomic E-state index is 12.6. The van der Waals surface area contributed by atoms with Gasteiger partial charge in [-0.3, -0.25) is 0 Å². The number of hydrogen-bond acceptors (Lipinski definition) is 2. The van der Waals surface area contributed by atoms with E-state index in [0.717, 1.165) is 18.6 Å². The standard InChI is InChI=1S/C14H20BrF3N2/c1-9(2)7-13(3,8-19)20-12-5-4-10(6-11(12)15)14(16,17)18/h4-6,9,20H,7-8,19H2,1-3H3. The maximum Gasteiger partial charge on any atom is 0.416 e. The molecule has 1 rings (SSSR count). The number of anilines is 1. The average molecular weight is 353 g/mol. The minimum Gasteiger partial charge on any atom is -0.378 e. The van der Waals surface area contributed by atoms with Crippen molar-refractivity contribution in [3.8, 4) is 0 Å². The molecule has 0 aromatic heterocycles. The summed E-state index contributed by atoms with van der Waals surface area (Å²) in [5.41, 5.74) is 5.39. The van der Waals surface area contributed by atoms with E-state index in [1.54, 1.807) is 0 Å². The van der Waals surface area contributed by atoms with Gasteiger partial charge in [-0.15, -0.1) is 0 Å². The van der Waals surface area contributed by atoms with E-state index in [2.05, 4.69) is 35.1 Å². The molecule has 1 aromatic rings. The van der Waals surface area contributed by atoms with Crippen LogP contribution in [0.25, 0.3) is 0 Å². The highest BCUT2D eigenvalue weighted by molar-refractivity contribution is 9.10. The summed E-state index contributed by atoms with van der Waals surface area (Å²) in [5, 5.41) is 3.24. The van der Waals surface area contributed by atoms with Crippen LogP contribution in [0.5, 0.6) is 0 Å². The number of rotatable bonds is 5. The molecule has 0 radical (unpaired) electrons. The van der Waals surface area contributed by atoms with E-state index in [9.17, 15) is 13.2 Å². The van der Waals surface area contributed by atoms with Gasteiger partial charge in [0.25, 0.3) is 0 Å². The summed E-state index contributed by atoms with van der Waals surface area (Å²) in [5.74, 6) is 0.435. The van der Waals surface area contributed by atoms with Crippen LogP contribution in [0, 0.1) is 5.92 Å². The third-order valence-corrected chi connectivity index (χ3v) is 3.70. The third kappa shape index (κ3) is 4.66. The molecular formula is C14H20BrF3N2. The van der Waals surface area contributed by atoms with E-state index >= 15 is 0 Å². The quantitative estimate of drug-likeness (QED) is 0.809. The SMILES string of the molecule is CC(C)CC(C)(CN)Nc1ccc(C(F)(F)F)cc1Br. The highest BCUT2D eigenvalue weighted by Crippen LogP contribution is 2.35. The molecule has 20 heavy (non-hydrogen) atoms. The minimum absolute atomic E-state index is 0.351. The van der Waals surface area contributed by atoms with Crippen molar-refractivity contribution in [1.82, 2.24) is 0 Å². The normalized spacial score (nSPS) is 15.2. The first-order valence-corrected chi connectivity index (χ1v) is 7.22. The molecule has 0 spiro atoms. The van der Waals surface area contributed by atoms with Gasteiger partial charge in [0.15, 0.2) is 0 Å². The fourth-order valence-corrected chi connectivity index (χ4v) is 2.68. The molecule has 0 fully saturated rings. The van der Waals surface area contributed by atoms with E-state index in [1.807, 2.05) is 6.92 Å². The van der Waals surface area contributed by atoms with Crippen LogP contribution in [0.15, 0.2) is 22.7 Å². The van der Waals surface area contributed by atoms with E-state index in [0.29, 0.717) is 22.6 Å². The van der Waals surface area contributed by atoms with Gasteiger partial charge in [-0.05, 0) is 53.4 Å². The Balaban J connectivity index is 2.98. The summed E-state index contributed by atoms with van der Waals surface area (Å²) in [6.07, 6.45) is -3.51. The Morgan fingerprint density at radius 2 is 1.90 bits per heavy atom. The van der Waals surface area contributed by atoms with Crippen LogP contribution in [0.3, 0.4) is 0 Å². The van der Waals surface area contributed by atoms with E-state index in [1.165, 1.54) is 6.07 Å². The molecule has 0 heterocycles. The summed E-state index contributed by atoms with van der Waals surface area (Å²) in [6.45, 7) is 6.53. The van der Waals surface area contributed by atoms with Crippen molar-refractivity contribution in [3.63, 3.8) is 0 Å². The monoisotopic (exact) mass is 352 g/mol. The molecule has 6 heteroatoms. The lowest BCUT2D eigenvalue weighted by Gasteiger charge is -2.33. The molecule has 0 saturated carbocycles. The van der Waals surface area contributed by atoms with Crippen molar-refractivity contribution in [1.29, 1.82) is 0 Å². The lowest BCUT2D eigenvalue weighted by Crippen LogP contribution is -2.43. The molecule has 0 aliphatic carbocycles. The number of benzene rings is 1. The Labute approximate surface area is 126 Å². The summed E-state index contributed by atoms with van der Waals surface area (Å²) in [7, 11) is 0. The Kier molecular flexibility index (Phi) is 5.49. The van der Waals surface area contributed by atoms with Gasteiger partial charge < -0.3 is 11.1 Å². The predicted octanol–water partition coefficient (Wildman–Crippen LogP) is 4.64. The molecular weight excluding hydrogens is 333 g/mol. The van der Waals surface area contributed by atoms with Crippen molar-refractivity contribution in [2.75, 3.05) is 11.9 Å². The van der Waals surface area contributed by atoms with Gasteiger partial charge in [-0.1, -0.05) is 13.8 Å². The van der Waals surface area contributed by atoms with Crippen LogP contribution in [-0.4, -0.2) is 12.1 Å². The molecule has 0 saturated heterocycles. The van der Waals surface area contributed by atoms with Crippen molar-refractivity contribution < 1.29 is 13.2 Å². The van der Waals surface area contributed by atoms with Gasteiger partial charge in [0.1, 0.15) is 0 Å². The largest absolute Gasteiger partial charge is 0.416 e. The van der Waals surface area contributed by atoms with Gasteiger partial charge >= 0.3 is 6.18 Å². The smallest absolute Gasteiger partial charge is 0.378 e. The van der Waals surface area contributed by atoms with Crippen LogP contribution < -0.4 is 11.1 Å². The summed E-state index contributed by atoms with van der Waals surface area (Å²) >= 11 is 3.18. The fraction of sp³-hybridized carbons (Fsp3) is 0.571. The van der Waals surface area contributed by atoms with Crippen LogP contribution in [-0.2, 0) is 6.18 Å². The highest BCUT2D eigenvalue weighted by atomic mass is 79.9. The second-order valence-corrected chi connectivity index (χ2v) is 6.53. The zero-order chi connectivity index (χ0) is 15.6. The zero-order valence-corrected chi connectivity index (χ0v) is 13.4. The Hall–Kier alpha value is -0.750.